The number of likely N-dealkylation sites (N-methyl/N-ethyl adjacent to an activating group) is 1. The van der Waals surface area contributed by atoms with E-state index < -0.39 is 0 Å². The van der Waals surface area contributed by atoms with Crippen molar-refractivity contribution in [2.24, 2.45) is 5.73 Å². The lowest BCUT2D eigenvalue weighted by molar-refractivity contribution is 0.0103. The number of rotatable bonds is 2. The summed E-state index contributed by atoms with van der Waals surface area (Å²) in [6, 6.07) is 7.34. The Balaban J connectivity index is 1.84. The van der Waals surface area contributed by atoms with Gasteiger partial charge in [0.2, 0.25) is 0 Å². The second kappa shape index (κ2) is 5.99. The Labute approximate surface area is 136 Å². The highest BCUT2D eigenvalue weighted by molar-refractivity contribution is 9.10. The molecule has 0 radical (unpaired) electrons. The van der Waals surface area contributed by atoms with Crippen LogP contribution in [0.15, 0.2) is 22.7 Å². The Hall–Kier alpha value is -0.420. The first-order valence-electron chi connectivity index (χ1n) is 7.97. The van der Waals surface area contributed by atoms with E-state index in [0.717, 1.165) is 39.0 Å². The lowest BCUT2D eigenvalue weighted by Crippen LogP contribution is -2.63. The highest BCUT2D eigenvalue weighted by Crippen LogP contribution is 2.35. The summed E-state index contributed by atoms with van der Waals surface area (Å²) in [5.74, 6) is 0. The van der Waals surface area contributed by atoms with Crippen LogP contribution in [-0.4, -0.2) is 54.6 Å². The van der Waals surface area contributed by atoms with Gasteiger partial charge in [-0.2, -0.15) is 0 Å². The van der Waals surface area contributed by atoms with E-state index in [0.29, 0.717) is 6.04 Å². The van der Waals surface area contributed by atoms with Crippen molar-refractivity contribution < 1.29 is 0 Å². The zero-order valence-electron chi connectivity index (χ0n) is 13.1. The molecule has 1 saturated heterocycles. The Morgan fingerprint density at radius 1 is 1.33 bits per heavy atom. The zero-order chi connectivity index (χ0) is 15.0. The maximum atomic E-state index is 6.27. The van der Waals surface area contributed by atoms with Crippen molar-refractivity contribution in [1.29, 1.82) is 0 Å². The summed E-state index contributed by atoms with van der Waals surface area (Å²) in [4.78, 5) is 5.12. The van der Waals surface area contributed by atoms with Gasteiger partial charge in [0.25, 0.3) is 0 Å². The van der Waals surface area contributed by atoms with Gasteiger partial charge in [-0.1, -0.05) is 22.0 Å². The molecule has 0 bridgehead atoms. The van der Waals surface area contributed by atoms with E-state index in [1.54, 1.807) is 0 Å². The lowest BCUT2D eigenvalue weighted by atomic mass is 9.76. The molecule has 2 aliphatic rings. The zero-order valence-corrected chi connectivity index (χ0v) is 14.7. The van der Waals surface area contributed by atoms with Crippen molar-refractivity contribution in [2.75, 3.05) is 33.2 Å². The molecule has 0 spiro atoms. The first kappa shape index (κ1) is 15.5. The molecule has 3 rings (SSSR count). The number of piperazine rings is 1. The third-order valence-corrected chi connectivity index (χ3v) is 6.05. The van der Waals surface area contributed by atoms with E-state index in [1.807, 2.05) is 0 Å². The quantitative estimate of drug-likeness (QED) is 0.886. The minimum atomic E-state index is 0.163. The van der Waals surface area contributed by atoms with Crippen molar-refractivity contribution in [3.8, 4) is 0 Å². The molecule has 0 saturated carbocycles. The van der Waals surface area contributed by atoms with Gasteiger partial charge in [0.1, 0.15) is 0 Å². The van der Waals surface area contributed by atoms with E-state index >= 15 is 0 Å². The maximum absolute atomic E-state index is 6.27. The SMILES string of the molecule is CC1CN(C2(CN)CCc3cc(Br)ccc3C2)CCN1C. The molecule has 1 fully saturated rings. The van der Waals surface area contributed by atoms with Crippen molar-refractivity contribution in [3.63, 3.8) is 0 Å². The molecule has 1 heterocycles. The monoisotopic (exact) mass is 351 g/mol. The van der Waals surface area contributed by atoms with Crippen LogP contribution >= 0.6 is 15.9 Å². The fraction of sp³-hybridized carbons (Fsp3) is 0.647. The number of fused-ring (bicyclic) bond motifs is 1. The molecule has 3 nitrogen and oxygen atoms in total. The number of aryl methyl sites for hydroxylation is 1. The van der Waals surface area contributed by atoms with Gasteiger partial charge in [0.15, 0.2) is 0 Å². The Morgan fingerprint density at radius 2 is 2.14 bits per heavy atom. The van der Waals surface area contributed by atoms with Crippen molar-refractivity contribution in [1.82, 2.24) is 9.80 Å². The number of benzene rings is 1. The number of nitrogens with zero attached hydrogens (tertiary/aromatic N) is 2. The summed E-state index contributed by atoms with van der Waals surface area (Å²) in [6.07, 6.45) is 3.43. The van der Waals surface area contributed by atoms with E-state index in [1.165, 1.54) is 22.0 Å². The molecule has 2 atom stereocenters. The van der Waals surface area contributed by atoms with E-state index in [9.17, 15) is 0 Å². The highest BCUT2D eigenvalue weighted by Gasteiger charge is 2.40. The van der Waals surface area contributed by atoms with Gasteiger partial charge in [0.05, 0.1) is 0 Å². The standard InChI is InChI=1S/C17H26BrN3/c1-13-11-21(8-7-20(13)2)17(12-19)6-5-14-9-16(18)4-3-15(14)10-17/h3-4,9,13H,5-8,10-12,19H2,1-2H3. The third kappa shape index (κ3) is 2.91. The lowest BCUT2D eigenvalue weighted by Gasteiger charge is -2.51. The molecule has 1 aromatic carbocycles. The van der Waals surface area contributed by atoms with Gasteiger partial charge in [0, 0.05) is 42.2 Å². The molecule has 2 N–H and O–H groups in total. The minimum Gasteiger partial charge on any atom is -0.329 e. The second-order valence-electron chi connectivity index (χ2n) is 6.79. The van der Waals surface area contributed by atoms with E-state index in [2.05, 4.69) is 57.9 Å². The van der Waals surface area contributed by atoms with Crippen molar-refractivity contribution in [2.45, 2.75) is 37.8 Å². The molecule has 1 aliphatic heterocycles. The smallest absolute Gasteiger partial charge is 0.0376 e. The molecule has 4 heteroatoms. The van der Waals surface area contributed by atoms with Gasteiger partial charge in [-0.05, 0) is 56.5 Å². The summed E-state index contributed by atoms with van der Waals surface area (Å²) in [7, 11) is 2.23. The van der Waals surface area contributed by atoms with Gasteiger partial charge >= 0.3 is 0 Å². The third-order valence-electron chi connectivity index (χ3n) is 5.56. The van der Waals surface area contributed by atoms with E-state index in [4.69, 9.17) is 5.73 Å². The molecular weight excluding hydrogens is 326 g/mol. The summed E-state index contributed by atoms with van der Waals surface area (Å²) in [5, 5.41) is 0. The van der Waals surface area contributed by atoms with Crippen molar-refractivity contribution in [3.05, 3.63) is 33.8 Å². The molecule has 1 aromatic rings. The Morgan fingerprint density at radius 3 is 2.86 bits per heavy atom. The topological polar surface area (TPSA) is 32.5 Å². The molecule has 116 valence electrons. The molecular formula is C17H26BrN3. The first-order chi connectivity index (χ1) is 10.0. The van der Waals surface area contributed by atoms with Crippen LogP contribution in [0.2, 0.25) is 0 Å². The Kier molecular flexibility index (Phi) is 4.42. The first-order valence-corrected chi connectivity index (χ1v) is 8.76. The average molecular weight is 352 g/mol. The van der Waals surface area contributed by atoms with Crippen LogP contribution in [-0.2, 0) is 12.8 Å². The fourth-order valence-electron chi connectivity index (χ4n) is 3.86. The molecule has 1 aliphatic carbocycles. The maximum Gasteiger partial charge on any atom is 0.0376 e. The normalized spacial score (nSPS) is 31.1. The van der Waals surface area contributed by atoms with Gasteiger partial charge in [-0.3, -0.25) is 4.90 Å². The highest BCUT2D eigenvalue weighted by atomic mass is 79.9. The molecule has 0 amide bonds. The largest absolute Gasteiger partial charge is 0.329 e. The number of nitrogens with two attached hydrogens (primary N) is 1. The van der Waals surface area contributed by atoms with Crippen molar-refractivity contribution >= 4 is 15.9 Å². The summed E-state index contributed by atoms with van der Waals surface area (Å²) < 4.78 is 1.19. The van der Waals surface area contributed by atoms with Gasteiger partial charge < -0.3 is 10.6 Å². The van der Waals surface area contributed by atoms with Crippen LogP contribution in [0.1, 0.15) is 24.5 Å². The predicted octanol–water partition coefficient (Wildman–Crippen LogP) is 2.27. The number of hydrogen-bond acceptors (Lipinski definition) is 3. The second-order valence-corrected chi connectivity index (χ2v) is 7.71. The van der Waals surface area contributed by atoms with Crippen LogP contribution in [0, 0.1) is 0 Å². The Bertz CT molecular complexity index is 519. The minimum absolute atomic E-state index is 0.163. The van der Waals surface area contributed by atoms with Crippen LogP contribution in [0.3, 0.4) is 0 Å². The summed E-state index contributed by atoms with van der Waals surface area (Å²) in [5.41, 5.74) is 9.42. The van der Waals surface area contributed by atoms with Gasteiger partial charge in [-0.15, -0.1) is 0 Å². The fourth-order valence-corrected chi connectivity index (χ4v) is 4.27. The van der Waals surface area contributed by atoms with Crippen LogP contribution < -0.4 is 5.73 Å². The van der Waals surface area contributed by atoms with Gasteiger partial charge in [-0.25, -0.2) is 0 Å². The van der Waals surface area contributed by atoms with Crippen LogP contribution in [0.5, 0.6) is 0 Å². The van der Waals surface area contributed by atoms with Crippen LogP contribution in [0.25, 0.3) is 0 Å². The molecule has 0 aromatic heterocycles. The summed E-state index contributed by atoms with van der Waals surface area (Å²) in [6.45, 7) is 6.52. The number of halogens is 1. The average Bonchev–Trinajstić information content (AvgIpc) is 2.49. The van der Waals surface area contributed by atoms with E-state index in [-0.39, 0.29) is 5.54 Å². The number of hydrogen-bond donors (Lipinski definition) is 1. The van der Waals surface area contributed by atoms with Crippen LogP contribution in [0.4, 0.5) is 0 Å². The summed E-state index contributed by atoms with van der Waals surface area (Å²) >= 11 is 3.59. The molecule has 21 heavy (non-hydrogen) atoms. The predicted molar refractivity (Wildman–Crippen MR) is 91.6 cm³/mol. The molecule has 2 unspecified atom stereocenters.